The van der Waals surface area contributed by atoms with Crippen molar-refractivity contribution < 1.29 is 71.4 Å². The minimum absolute atomic E-state index is 0.00479. The number of nitrogens with one attached hydrogen (secondary N) is 1. The smallest absolute Gasteiger partial charge is 0.338 e. The van der Waals surface area contributed by atoms with E-state index in [1.54, 1.807) is 102 Å². The molecule has 3 aromatic carbocycles. The number of fused-ring (bicyclic) bond motifs is 5. The Balaban J connectivity index is 1.44. The van der Waals surface area contributed by atoms with Gasteiger partial charge in [-0.25, -0.2) is 14.0 Å². The van der Waals surface area contributed by atoms with Crippen LogP contribution in [0.15, 0.2) is 96.1 Å². The van der Waals surface area contributed by atoms with Crippen LogP contribution < -0.4 is 5.32 Å². The number of ether oxygens (including phenoxy) is 7. The largest absolute Gasteiger partial charge is 0.456 e. The van der Waals surface area contributed by atoms with E-state index in [-0.39, 0.29) is 55.1 Å². The average molecular weight is 974 g/mol. The summed E-state index contributed by atoms with van der Waals surface area (Å²) in [5.41, 5.74) is -6.72. The molecule has 7 rings (SSSR count). The van der Waals surface area contributed by atoms with Crippen LogP contribution in [0.25, 0.3) is 0 Å². The van der Waals surface area contributed by atoms with Crippen molar-refractivity contribution in [2.75, 3.05) is 25.6 Å². The molecule has 15 nitrogen and oxygen atoms in total. The van der Waals surface area contributed by atoms with Gasteiger partial charge in [-0.05, 0) is 73.9 Å². The lowest BCUT2D eigenvalue weighted by molar-refractivity contribution is -0.348. The van der Waals surface area contributed by atoms with Crippen LogP contribution in [0.5, 0.6) is 0 Å². The Kier molecular flexibility index (Phi) is 15.3. The van der Waals surface area contributed by atoms with Gasteiger partial charge in [0.25, 0.3) is 5.91 Å². The zero-order valence-corrected chi connectivity index (χ0v) is 40.6. The van der Waals surface area contributed by atoms with Gasteiger partial charge < -0.3 is 43.6 Å². The summed E-state index contributed by atoms with van der Waals surface area (Å²) in [5.74, 6) is -6.68. The van der Waals surface area contributed by atoms with E-state index in [2.05, 4.69) is 17.9 Å². The van der Waals surface area contributed by atoms with Crippen LogP contribution in [0.2, 0.25) is 0 Å². The van der Waals surface area contributed by atoms with Crippen molar-refractivity contribution in [2.45, 2.75) is 122 Å². The summed E-state index contributed by atoms with van der Waals surface area (Å²) in [6.07, 6.45) is -9.24. The van der Waals surface area contributed by atoms with Gasteiger partial charge in [-0.3, -0.25) is 19.2 Å². The van der Waals surface area contributed by atoms with Crippen LogP contribution in [0.4, 0.5) is 4.39 Å². The van der Waals surface area contributed by atoms with E-state index in [1.165, 1.54) is 19.1 Å². The van der Waals surface area contributed by atoms with Crippen LogP contribution in [-0.2, 0) is 52.3 Å². The Hall–Kier alpha value is -5.46. The van der Waals surface area contributed by atoms with Crippen molar-refractivity contribution in [1.82, 2.24) is 5.32 Å². The quantitative estimate of drug-likeness (QED) is 0.0629. The number of Topliss-reactive ketones (excluding diaryl/α,β-unsaturated/α-hetero) is 1. The summed E-state index contributed by atoms with van der Waals surface area (Å²) in [6.45, 7) is 10.5. The molecule has 1 saturated heterocycles. The third-order valence-electron chi connectivity index (χ3n) is 14.5. The first-order valence-corrected chi connectivity index (χ1v) is 23.8. The van der Waals surface area contributed by atoms with E-state index in [9.17, 15) is 33.5 Å². The summed E-state index contributed by atoms with van der Waals surface area (Å²) in [7, 11) is 0. The van der Waals surface area contributed by atoms with E-state index < -0.39 is 118 Å². The van der Waals surface area contributed by atoms with Crippen LogP contribution in [-0.4, -0.2) is 114 Å². The maximum absolute atomic E-state index is 16.1. The van der Waals surface area contributed by atoms with Crippen molar-refractivity contribution in [3.63, 3.8) is 0 Å². The molecule has 370 valence electrons. The fourth-order valence-electron chi connectivity index (χ4n) is 11.0. The molecular weight excluding hydrogens is 914 g/mol. The third kappa shape index (κ3) is 9.35. The molecule has 3 fully saturated rings. The first kappa shape index (κ1) is 51.4. The highest BCUT2D eigenvalue weighted by Gasteiger charge is 2.78. The van der Waals surface area contributed by atoms with Crippen molar-refractivity contribution >= 4 is 48.2 Å². The van der Waals surface area contributed by atoms with Gasteiger partial charge in [0.05, 0.1) is 42.3 Å². The molecule has 3 aliphatic carbocycles. The zero-order chi connectivity index (χ0) is 50.1. The van der Waals surface area contributed by atoms with Gasteiger partial charge in [-0.1, -0.05) is 69.3 Å². The van der Waals surface area contributed by atoms with Gasteiger partial charge in [0.2, 0.25) is 0 Å². The second kappa shape index (κ2) is 20.5. The highest BCUT2D eigenvalue weighted by molar-refractivity contribution is 7.80. The number of thiol groups is 1. The molecule has 1 amide bonds. The molecule has 2 N–H and O–H groups in total. The Bertz CT molecular complexity index is 2450. The molecule has 2 unspecified atom stereocenters. The summed E-state index contributed by atoms with van der Waals surface area (Å²) >= 11 is 4.37. The second-order valence-electron chi connectivity index (χ2n) is 18.7. The van der Waals surface area contributed by atoms with Crippen LogP contribution in [0, 0.1) is 22.6 Å². The molecule has 4 aliphatic rings. The maximum Gasteiger partial charge on any atom is 0.338 e. The number of carbonyl (C=O) groups is 6. The van der Waals surface area contributed by atoms with E-state index in [0.717, 1.165) is 12.1 Å². The van der Waals surface area contributed by atoms with E-state index in [1.807, 2.05) is 0 Å². The normalized spacial score (nSPS) is 29.9. The number of hydrogen-bond acceptors (Lipinski definition) is 15. The summed E-state index contributed by atoms with van der Waals surface area (Å²) < 4.78 is 58.3. The van der Waals surface area contributed by atoms with Gasteiger partial charge in [-0.15, -0.1) is 0 Å². The highest BCUT2D eigenvalue weighted by Crippen LogP contribution is 2.65. The molecule has 69 heavy (non-hydrogen) atoms. The molecule has 2 saturated carbocycles. The highest BCUT2D eigenvalue weighted by atomic mass is 32.1. The zero-order valence-electron chi connectivity index (χ0n) is 39.7. The number of rotatable bonds is 16. The summed E-state index contributed by atoms with van der Waals surface area (Å²) in [5, 5.41) is 17.0. The van der Waals surface area contributed by atoms with Gasteiger partial charge in [0, 0.05) is 49.5 Å². The second-order valence-corrected chi connectivity index (χ2v) is 19.2. The SMILES string of the molecule is CCO[C@@H](C(=O)O[C@H]1C[C@@]2(O)C(OC(=O)c3ccc(F)cc3)C3[C@](C)(C(=O)[C@H](OC(=O)CC)C(=C1C)C2(C)C)[C@@H](OCCS)C[C@H]1OC[C@@]31OC(C)=O)[C@@H](NC(=O)c1ccccc1)c1ccccc1. The third-order valence-corrected chi connectivity index (χ3v) is 14.7. The molecule has 11 atom stereocenters. The summed E-state index contributed by atoms with van der Waals surface area (Å²) in [6, 6.07) is 20.5. The number of amides is 1. The minimum atomic E-state index is -2.40. The van der Waals surface area contributed by atoms with Gasteiger partial charge >= 0.3 is 23.9 Å². The predicted octanol–water partition coefficient (Wildman–Crippen LogP) is 6.26. The average Bonchev–Trinajstić information content (AvgIpc) is 3.32. The number of esters is 4. The van der Waals surface area contributed by atoms with E-state index in [4.69, 9.17) is 33.2 Å². The van der Waals surface area contributed by atoms with Crippen molar-refractivity contribution in [1.29, 1.82) is 0 Å². The van der Waals surface area contributed by atoms with Crippen LogP contribution >= 0.6 is 12.6 Å². The summed E-state index contributed by atoms with van der Waals surface area (Å²) in [4.78, 5) is 86.4. The molecule has 17 heteroatoms. The molecule has 1 heterocycles. The number of benzene rings is 3. The Morgan fingerprint density at radius 2 is 1.57 bits per heavy atom. The molecule has 0 spiro atoms. The fourth-order valence-corrected chi connectivity index (χ4v) is 11.1. The first-order valence-electron chi connectivity index (χ1n) is 23.2. The Morgan fingerprint density at radius 3 is 2.14 bits per heavy atom. The lowest BCUT2D eigenvalue weighted by Crippen LogP contribution is -2.82. The minimum Gasteiger partial charge on any atom is -0.456 e. The van der Waals surface area contributed by atoms with Crippen LogP contribution in [0.1, 0.15) is 100 Å². The monoisotopic (exact) mass is 973 g/mol. The number of hydrogen-bond donors (Lipinski definition) is 3. The number of ketones is 1. The van der Waals surface area contributed by atoms with Gasteiger partial charge in [0.15, 0.2) is 23.6 Å². The lowest BCUT2D eigenvalue weighted by atomic mass is 9.44. The van der Waals surface area contributed by atoms with Crippen molar-refractivity contribution in [2.24, 2.45) is 16.7 Å². The van der Waals surface area contributed by atoms with E-state index in [0.29, 0.717) is 11.1 Å². The molecule has 0 aromatic heterocycles. The molecule has 1 aliphatic heterocycles. The van der Waals surface area contributed by atoms with Crippen molar-refractivity contribution in [3.8, 4) is 0 Å². The maximum atomic E-state index is 16.1. The lowest BCUT2D eigenvalue weighted by Gasteiger charge is -2.67. The molecular formula is C52H60FNO14S. The number of halogens is 1. The van der Waals surface area contributed by atoms with Gasteiger partial charge in [0.1, 0.15) is 29.7 Å². The van der Waals surface area contributed by atoms with E-state index >= 15 is 4.79 Å². The standard InChI is InChI=1S/C52H60FNO14S/c1-8-38(56)66-41-39-29(3)35(65-48(60)42(62-9-2)40(31-16-12-10-13-17-31)54-46(58)32-18-14-11-15-19-32)27-52(61,49(39,5)6)45(67-47(59)33-20-22-34(53)23-21-33)43-50(7,44(41)57)36(63-24-25-69)26-37-51(43,28-64-37)68-30(4)55/h10-23,35-37,40-43,45,61,69H,8-9,24-28H2,1-7H3,(H,54,58)/t35-,36-,37+,40-,41+,42+,43?,45?,50+,51-,52+/m0/s1. The number of aliphatic hydroxyl groups is 1. The fraction of sp³-hybridized carbons (Fsp3) is 0.500. The molecule has 2 bridgehead atoms. The van der Waals surface area contributed by atoms with Crippen LogP contribution in [0.3, 0.4) is 0 Å². The topological polar surface area (TPSA) is 199 Å². The Labute approximate surface area is 406 Å². The molecule has 0 radical (unpaired) electrons. The molecule has 3 aromatic rings. The predicted molar refractivity (Wildman–Crippen MR) is 249 cm³/mol. The van der Waals surface area contributed by atoms with Gasteiger partial charge in [-0.2, -0.15) is 12.6 Å². The van der Waals surface area contributed by atoms with Crippen molar-refractivity contribution in [3.05, 3.63) is 119 Å². The first-order chi connectivity index (χ1) is 32.8. The number of carbonyl (C=O) groups excluding carboxylic acids is 6. The Morgan fingerprint density at radius 1 is 0.913 bits per heavy atom.